The third kappa shape index (κ3) is 2.92. The Balaban J connectivity index is 1.97. The quantitative estimate of drug-likeness (QED) is 0.586. The highest BCUT2D eigenvalue weighted by Crippen LogP contribution is 2.61. The van der Waals surface area contributed by atoms with Crippen molar-refractivity contribution in [2.75, 3.05) is 6.61 Å². The van der Waals surface area contributed by atoms with Crippen molar-refractivity contribution in [3.63, 3.8) is 0 Å². The molecule has 5 heteroatoms. The molecule has 2 fully saturated rings. The molecule has 0 radical (unpaired) electrons. The molecule has 27 heavy (non-hydrogen) atoms. The van der Waals surface area contributed by atoms with Gasteiger partial charge in [0.2, 0.25) is 5.78 Å². The predicted octanol–water partition coefficient (Wildman–Crippen LogP) is 3.24. The second kappa shape index (κ2) is 6.55. The van der Waals surface area contributed by atoms with E-state index in [0.717, 1.165) is 30.9 Å². The van der Waals surface area contributed by atoms with Crippen LogP contribution in [-0.2, 0) is 14.4 Å². The molecule has 0 aromatic heterocycles. The van der Waals surface area contributed by atoms with Crippen LogP contribution < -0.4 is 0 Å². The van der Waals surface area contributed by atoms with Gasteiger partial charge in [-0.1, -0.05) is 32.9 Å². The predicted molar refractivity (Wildman–Crippen MR) is 101 cm³/mol. The first-order chi connectivity index (χ1) is 12.5. The zero-order valence-corrected chi connectivity index (χ0v) is 16.3. The summed E-state index contributed by atoms with van der Waals surface area (Å²) in [4.78, 5) is 37.2. The maximum Gasteiger partial charge on any atom is 0.226 e. The summed E-state index contributed by atoms with van der Waals surface area (Å²) in [5.74, 6) is -1.31. The fraction of sp³-hybridized carbons (Fsp3) is 0.591. The third-order valence-electron chi connectivity index (χ3n) is 7.29. The Labute approximate surface area is 159 Å². The average molecular weight is 372 g/mol. The molecule has 3 aliphatic rings. The van der Waals surface area contributed by atoms with E-state index in [-0.39, 0.29) is 40.6 Å². The number of ketones is 3. The standard InChI is InChI=1S/C22H28O5/c1-12-5-6-17-21(2,3)18(25)7-8-22(17,4)15(12)10-14-16(24)9-13(11-23)19(26)20(14)27/h9,15,17,23,27H,1,5-8,10-11H2,2-4H3. The van der Waals surface area contributed by atoms with Crippen molar-refractivity contribution in [3.05, 3.63) is 35.1 Å². The number of carbonyl (C=O) groups excluding carboxylic acids is 3. The first-order valence-electron chi connectivity index (χ1n) is 9.57. The minimum atomic E-state index is -0.686. The van der Waals surface area contributed by atoms with Gasteiger partial charge in [0.1, 0.15) is 5.78 Å². The third-order valence-corrected chi connectivity index (χ3v) is 7.29. The summed E-state index contributed by atoms with van der Waals surface area (Å²) in [7, 11) is 0. The van der Waals surface area contributed by atoms with Crippen molar-refractivity contribution in [3.8, 4) is 0 Å². The van der Waals surface area contributed by atoms with Crippen LogP contribution in [0.5, 0.6) is 0 Å². The van der Waals surface area contributed by atoms with Gasteiger partial charge in [-0.25, -0.2) is 0 Å². The van der Waals surface area contributed by atoms with E-state index in [9.17, 15) is 24.6 Å². The lowest BCUT2D eigenvalue weighted by Gasteiger charge is -2.57. The largest absolute Gasteiger partial charge is 0.504 e. The number of aliphatic hydroxyl groups is 2. The Bertz CT molecular complexity index is 798. The van der Waals surface area contributed by atoms with Gasteiger partial charge in [-0.3, -0.25) is 14.4 Å². The normalized spacial score (nSPS) is 33.9. The molecule has 2 saturated carbocycles. The Kier molecular flexibility index (Phi) is 4.79. The second-order valence-corrected chi connectivity index (χ2v) is 9.01. The molecular weight excluding hydrogens is 344 g/mol. The lowest BCUT2D eigenvalue weighted by atomic mass is 9.46. The zero-order valence-electron chi connectivity index (χ0n) is 16.3. The molecule has 0 aromatic rings. The highest BCUT2D eigenvalue weighted by molar-refractivity contribution is 6.21. The number of hydrogen-bond donors (Lipinski definition) is 2. The Morgan fingerprint density at radius 3 is 2.48 bits per heavy atom. The van der Waals surface area contributed by atoms with Crippen molar-refractivity contribution in [2.45, 2.75) is 52.9 Å². The molecule has 3 atom stereocenters. The number of hydrogen-bond acceptors (Lipinski definition) is 5. The molecule has 3 unspecified atom stereocenters. The number of Topliss-reactive ketones (excluding diaryl/α,β-unsaturated/α-hetero) is 2. The van der Waals surface area contributed by atoms with E-state index in [1.54, 1.807) is 0 Å². The van der Waals surface area contributed by atoms with Crippen LogP contribution in [0.1, 0.15) is 52.9 Å². The van der Waals surface area contributed by atoms with Crippen LogP contribution in [0, 0.1) is 22.7 Å². The fourth-order valence-corrected chi connectivity index (χ4v) is 5.59. The van der Waals surface area contributed by atoms with Crippen LogP contribution in [0.4, 0.5) is 0 Å². The van der Waals surface area contributed by atoms with Crippen molar-refractivity contribution in [1.29, 1.82) is 0 Å². The molecule has 0 amide bonds. The summed E-state index contributed by atoms with van der Waals surface area (Å²) < 4.78 is 0. The first-order valence-corrected chi connectivity index (χ1v) is 9.57. The number of aliphatic hydroxyl groups excluding tert-OH is 2. The second-order valence-electron chi connectivity index (χ2n) is 9.01. The van der Waals surface area contributed by atoms with Gasteiger partial charge in [-0.2, -0.15) is 0 Å². The zero-order chi connectivity index (χ0) is 20.1. The van der Waals surface area contributed by atoms with Crippen molar-refractivity contribution in [2.24, 2.45) is 22.7 Å². The van der Waals surface area contributed by atoms with Gasteiger partial charge in [-0.15, -0.1) is 0 Å². The Morgan fingerprint density at radius 2 is 1.85 bits per heavy atom. The van der Waals surface area contributed by atoms with E-state index in [4.69, 9.17) is 0 Å². The van der Waals surface area contributed by atoms with E-state index >= 15 is 0 Å². The van der Waals surface area contributed by atoms with Gasteiger partial charge in [0.05, 0.1) is 6.61 Å². The molecule has 2 N–H and O–H groups in total. The van der Waals surface area contributed by atoms with Gasteiger partial charge in [0.25, 0.3) is 0 Å². The van der Waals surface area contributed by atoms with Crippen LogP contribution in [0.2, 0.25) is 0 Å². The number of allylic oxidation sites excluding steroid dienone is 4. The maximum atomic E-state index is 12.5. The molecule has 5 nitrogen and oxygen atoms in total. The summed E-state index contributed by atoms with van der Waals surface area (Å²) in [5.41, 5.74) is 0.372. The molecular formula is C22H28O5. The SMILES string of the molecule is C=C1CCC2C(C)(C)C(=O)CCC2(C)C1CC1=C(O)C(=O)C(CO)=CC1=O. The molecule has 146 valence electrons. The molecule has 0 spiro atoms. The first kappa shape index (κ1) is 19.7. The van der Waals surface area contributed by atoms with E-state index in [2.05, 4.69) is 13.5 Å². The Hall–Kier alpha value is -2.01. The molecule has 3 aliphatic carbocycles. The minimum Gasteiger partial charge on any atom is -0.504 e. The van der Waals surface area contributed by atoms with Crippen LogP contribution in [0.15, 0.2) is 35.1 Å². The van der Waals surface area contributed by atoms with E-state index in [0.29, 0.717) is 6.42 Å². The lowest BCUT2D eigenvalue weighted by molar-refractivity contribution is -0.144. The highest BCUT2D eigenvalue weighted by Gasteiger charge is 2.56. The van der Waals surface area contributed by atoms with E-state index in [1.807, 2.05) is 13.8 Å². The monoisotopic (exact) mass is 372 g/mol. The highest BCUT2D eigenvalue weighted by atomic mass is 16.3. The summed E-state index contributed by atoms with van der Waals surface area (Å²) in [6.07, 6.45) is 4.24. The fourth-order valence-electron chi connectivity index (χ4n) is 5.59. The van der Waals surface area contributed by atoms with Crippen LogP contribution in [0.25, 0.3) is 0 Å². The topological polar surface area (TPSA) is 91.7 Å². The van der Waals surface area contributed by atoms with E-state index < -0.39 is 29.3 Å². The van der Waals surface area contributed by atoms with E-state index in [1.165, 1.54) is 0 Å². The van der Waals surface area contributed by atoms with Crippen molar-refractivity contribution >= 4 is 17.3 Å². The van der Waals surface area contributed by atoms with Crippen LogP contribution in [-0.4, -0.2) is 34.2 Å². The number of rotatable bonds is 3. The average Bonchev–Trinajstić information content (AvgIpc) is 2.60. The molecule has 0 aromatic carbocycles. The minimum absolute atomic E-state index is 0.0819. The number of carbonyl (C=O) groups is 3. The lowest BCUT2D eigenvalue weighted by Crippen LogP contribution is -2.53. The summed E-state index contributed by atoms with van der Waals surface area (Å²) in [6, 6.07) is 0. The summed E-state index contributed by atoms with van der Waals surface area (Å²) in [5, 5.41) is 19.5. The van der Waals surface area contributed by atoms with Gasteiger partial charge in [0.15, 0.2) is 11.5 Å². The molecule has 0 heterocycles. The van der Waals surface area contributed by atoms with Gasteiger partial charge < -0.3 is 10.2 Å². The maximum absolute atomic E-state index is 12.5. The summed E-state index contributed by atoms with van der Waals surface area (Å²) >= 11 is 0. The summed E-state index contributed by atoms with van der Waals surface area (Å²) in [6.45, 7) is 9.81. The smallest absolute Gasteiger partial charge is 0.226 e. The van der Waals surface area contributed by atoms with Gasteiger partial charge in [0, 0.05) is 23.0 Å². The molecule has 3 rings (SSSR count). The van der Waals surface area contributed by atoms with Gasteiger partial charge in [-0.05, 0) is 49.0 Å². The van der Waals surface area contributed by atoms with Crippen molar-refractivity contribution < 1.29 is 24.6 Å². The van der Waals surface area contributed by atoms with Crippen molar-refractivity contribution in [1.82, 2.24) is 0 Å². The molecule has 0 aliphatic heterocycles. The van der Waals surface area contributed by atoms with Gasteiger partial charge >= 0.3 is 0 Å². The Morgan fingerprint density at radius 1 is 1.19 bits per heavy atom. The van der Waals surface area contributed by atoms with Crippen LogP contribution in [0.3, 0.4) is 0 Å². The van der Waals surface area contributed by atoms with Crippen LogP contribution >= 0.6 is 0 Å². The number of fused-ring (bicyclic) bond motifs is 1. The molecule has 0 saturated heterocycles. The molecule has 0 bridgehead atoms.